The quantitative estimate of drug-likeness (QED) is 0.334. The van der Waals surface area contributed by atoms with Gasteiger partial charge in [0, 0.05) is 23.0 Å². The highest BCUT2D eigenvalue weighted by Gasteiger charge is 2.19. The fourth-order valence-corrected chi connectivity index (χ4v) is 2.89. The van der Waals surface area contributed by atoms with Gasteiger partial charge in [0.2, 0.25) is 15.0 Å². The Kier molecular flexibility index (Phi) is 7.75. The van der Waals surface area contributed by atoms with Crippen LogP contribution in [0.15, 0.2) is 59.9 Å². The predicted octanol–water partition coefficient (Wildman–Crippen LogP) is 3.35. The maximum atomic E-state index is 12.9. The summed E-state index contributed by atoms with van der Waals surface area (Å²) in [4.78, 5) is 32.5. The zero-order chi connectivity index (χ0) is 23.2. The van der Waals surface area contributed by atoms with Gasteiger partial charge < -0.3 is 5.11 Å². The van der Waals surface area contributed by atoms with Gasteiger partial charge in [-0.2, -0.15) is 5.26 Å². The number of aromatic carboxylic acids is 1. The van der Waals surface area contributed by atoms with Gasteiger partial charge in [-0.25, -0.2) is 32.4 Å². The Labute approximate surface area is 180 Å². The predicted molar refractivity (Wildman–Crippen MR) is 107 cm³/mol. The highest BCUT2D eigenvalue weighted by atomic mass is 35.5. The molecule has 0 saturated carbocycles. The van der Waals surface area contributed by atoms with Crippen LogP contribution in [0.4, 0.5) is 4.39 Å². The molecule has 0 radical (unpaired) electrons. The monoisotopic (exact) mass is 468 g/mol. The fraction of sp³-hybridized carbons (Fsp3) is 0.0526. The number of carbonyl (C=O) groups is 2. The molecular formula is C19H14ClFN2O7S. The van der Waals surface area contributed by atoms with Crippen LogP contribution in [0, 0.1) is 5.82 Å². The summed E-state index contributed by atoms with van der Waals surface area (Å²) in [5.74, 6) is -2.61. The van der Waals surface area contributed by atoms with E-state index in [1.165, 1.54) is 24.3 Å². The molecule has 0 unspecified atom stereocenters. The maximum absolute atomic E-state index is 12.9. The van der Waals surface area contributed by atoms with Gasteiger partial charge in [-0.1, -0.05) is 17.7 Å². The van der Waals surface area contributed by atoms with Crippen molar-refractivity contribution in [3.63, 3.8) is 0 Å². The Bertz CT molecular complexity index is 1220. The fourth-order valence-electron chi connectivity index (χ4n) is 2.20. The third kappa shape index (κ3) is 6.54. The minimum Gasteiger partial charge on any atom is -0.478 e. The van der Waals surface area contributed by atoms with Crippen LogP contribution in [0.3, 0.4) is 0 Å². The molecule has 0 saturated heterocycles. The number of sulfone groups is 1. The van der Waals surface area contributed by atoms with Crippen LogP contribution >= 0.6 is 11.6 Å². The zero-order valence-electron chi connectivity index (χ0n) is 15.7. The van der Waals surface area contributed by atoms with E-state index in [-0.39, 0.29) is 22.4 Å². The van der Waals surface area contributed by atoms with E-state index in [2.05, 4.69) is 14.9 Å². The first kappa shape index (κ1) is 23.9. The number of nitrogens with zero attached hydrogens (tertiary/aromatic N) is 2. The largest absolute Gasteiger partial charge is 0.478 e. The van der Waals surface area contributed by atoms with E-state index in [9.17, 15) is 22.4 Å². The molecule has 162 valence electrons. The summed E-state index contributed by atoms with van der Waals surface area (Å²) in [5, 5.41) is 17.0. The number of benzene rings is 2. The molecule has 0 atom stereocenters. The second-order valence-corrected chi connectivity index (χ2v) is 8.23. The van der Waals surface area contributed by atoms with Gasteiger partial charge in [0.05, 0.1) is 11.3 Å². The number of halogens is 2. The lowest BCUT2D eigenvalue weighted by atomic mass is 10.1. The third-order valence-electron chi connectivity index (χ3n) is 3.59. The van der Waals surface area contributed by atoms with Crippen LogP contribution in [-0.4, -0.2) is 46.9 Å². The Morgan fingerprint density at radius 2 is 1.77 bits per heavy atom. The van der Waals surface area contributed by atoms with Crippen molar-refractivity contribution in [2.75, 3.05) is 6.26 Å². The molecule has 1 heterocycles. The lowest BCUT2D eigenvalue weighted by Gasteiger charge is -2.06. The van der Waals surface area contributed by atoms with E-state index >= 15 is 0 Å². The van der Waals surface area contributed by atoms with E-state index in [0.717, 1.165) is 24.6 Å². The van der Waals surface area contributed by atoms with Crippen LogP contribution in [0.2, 0.25) is 5.02 Å². The average molecular weight is 469 g/mol. The summed E-state index contributed by atoms with van der Waals surface area (Å²) in [6.45, 7) is 0. The number of hydrogen-bond acceptors (Lipinski definition) is 8. The average Bonchev–Trinajstić information content (AvgIpc) is 2.73. The van der Waals surface area contributed by atoms with Crippen molar-refractivity contribution < 1.29 is 37.6 Å². The molecule has 2 N–H and O–H groups in total. The van der Waals surface area contributed by atoms with E-state index in [4.69, 9.17) is 22.0 Å². The maximum Gasteiger partial charge on any atom is 0.372 e. The summed E-state index contributed by atoms with van der Waals surface area (Å²) >= 11 is 5.56. The van der Waals surface area contributed by atoms with Crippen molar-refractivity contribution >= 4 is 33.4 Å². The summed E-state index contributed by atoms with van der Waals surface area (Å²) < 4.78 is 35.7. The molecule has 9 nitrogen and oxygen atoms in total. The molecule has 3 rings (SSSR count). The number of hydrogen-bond donors (Lipinski definition) is 2. The lowest BCUT2D eigenvalue weighted by molar-refractivity contribution is -0.182. The highest BCUT2D eigenvalue weighted by Crippen LogP contribution is 2.22. The van der Waals surface area contributed by atoms with Crippen molar-refractivity contribution in [1.82, 2.24) is 9.97 Å². The van der Waals surface area contributed by atoms with Gasteiger partial charge in [-0.05, 0) is 42.5 Å². The summed E-state index contributed by atoms with van der Waals surface area (Å²) in [6.07, 6.45) is 1.83. The standard InChI is InChI=1S/C12H9FN2O4S.C7H5ClO3/c1-20(18,19)12-14-6-9(11(16)17)10(15-12)7-2-4-8(13)5-3-7;8-6-3-1-2-5(4-6)7(9)11-10/h2-6H,1H3,(H,16,17);1-4,10H. The Balaban J connectivity index is 0.000000262. The summed E-state index contributed by atoms with van der Waals surface area (Å²) in [5.41, 5.74) is 0.174. The van der Waals surface area contributed by atoms with Crippen molar-refractivity contribution in [3.8, 4) is 11.3 Å². The molecule has 0 aliphatic rings. The molecule has 2 aromatic carbocycles. The first-order chi connectivity index (χ1) is 14.5. The normalized spacial score (nSPS) is 10.6. The highest BCUT2D eigenvalue weighted by molar-refractivity contribution is 7.90. The van der Waals surface area contributed by atoms with E-state index in [1.54, 1.807) is 12.1 Å². The van der Waals surface area contributed by atoms with Crippen LogP contribution in [0.25, 0.3) is 11.3 Å². The molecule has 0 aliphatic heterocycles. The Hall–Kier alpha value is -3.41. The van der Waals surface area contributed by atoms with E-state index in [1.807, 2.05) is 0 Å². The molecular weight excluding hydrogens is 455 g/mol. The number of carbonyl (C=O) groups excluding carboxylic acids is 1. The Morgan fingerprint density at radius 1 is 1.13 bits per heavy atom. The SMILES string of the molecule is CS(=O)(=O)c1ncc(C(=O)O)c(-c2ccc(F)cc2)n1.O=C(OO)c1cccc(Cl)c1. The molecule has 0 bridgehead atoms. The summed E-state index contributed by atoms with van der Waals surface area (Å²) in [6, 6.07) is 11.0. The van der Waals surface area contributed by atoms with Crippen LogP contribution in [0.5, 0.6) is 0 Å². The first-order valence-corrected chi connectivity index (χ1v) is 10.5. The van der Waals surface area contributed by atoms with Gasteiger partial charge in [0.1, 0.15) is 11.4 Å². The molecule has 1 aromatic heterocycles. The second kappa shape index (κ2) is 10.1. The van der Waals surface area contributed by atoms with Crippen molar-refractivity contribution in [3.05, 3.63) is 76.7 Å². The smallest absolute Gasteiger partial charge is 0.372 e. The van der Waals surface area contributed by atoms with Crippen LogP contribution in [0.1, 0.15) is 20.7 Å². The molecule has 0 amide bonds. The molecule has 0 fully saturated rings. The number of aromatic nitrogens is 2. The van der Waals surface area contributed by atoms with Crippen molar-refractivity contribution in [1.29, 1.82) is 0 Å². The van der Waals surface area contributed by atoms with Gasteiger partial charge in [0.15, 0.2) is 0 Å². The van der Waals surface area contributed by atoms with Gasteiger partial charge in [0.25, 0.3) is 0 Å². The third-order valence-corrected chi connectivity index (χ3v) is 4.68. The Morgan fingerprint density at radius 3 is 2.29 bits per heavy atom. The number of rotatable bonds is 4. The number of carboxylic acids is 1. The minimum atomic E-state index is -3.67. The van der Waals surface area contributed by atoms with Crippen molar-refractivity contribution in [2.24, 2.45) is 0 Å². The second-order valence-electron chi connectivity index (χ2n) is 5.89. The number of carboxylic acid groups (broad SMARTS) is 1. The lowest BCUT2D eigenvalue weighted by Crippen LogP contribution is -2.09. The molecule has 0 spiro atoms. The van der Waals surface area contributed by atoms with Gasteiger partial charge in [-0.15, -0.1) is 0 Å². The molecule has 12 heteroatoms. The first-order valence-electron chi connectivity index (χ1n) is 8.20. The van der Waals surface area contributed by atoms with E-state index in [0.29, 0.717) is 5.02 Å². The zero-order valence-corrected chi connectivity index (χ0v) is 17.3. The van der Waals surface area contributed by atoms with Gasteiger partial charge >= 0.3 is 11.9 Å². The van der Waals surface area contributed by atoms with Crippen LogP contribution in [-0.2, 0) is 14.7 Å². The van der Waals surface area contributed by atoms with Gasteiger partial charge in [-0.3, -0.25) is 4.89 Å². The topological polar surface area (TPSA) is 144 Å². The molecule has 3 aromatic rings. The van der Waals surface area contributed by atoms with Crippen molar-refractivity contribution in [2.45, 2.75) is 5.16 Å². The van der Waals surface area contributed by atoms with E-state index < -0.39 is 32.7 Å². The molecule has 0 aliphatic carbocycles. The summed E-state index contributed by atoms with van der Waals surface area (Å²) in [7, 11) is -3.67. The van der Waals surface area contributed by atoms with Crippen LogP contribution < -0.4 is 0 Å². The minimum absolute atomic E-state index is 0.0760. The molecule has 31 heavy (non-hydrogen) atoms.